The molecule has 0 saturated heterocycles. The highest BCUT2D eigenvalue weighted by Gasteiger charge is 2.16. The van der Waals surface area contributed by atoms with Crippen molar-refractivity contribution < 1.29 is 0 Å². The van der Waals surface area contributed by atoms with Crippen LogP contribution in [-0.4, -0.2) is 9.13 Å². The molecule has 0 atom stereocenters. The third-order valence-corrected chi connectivity index (χ3v) is 3.37. The number of hydrogen-bond acceptors (Lipinski definition) is 2. The standard InChI is InChI=1S/C15H18N2O2/c1-9-6-10(2)8-12-13(11(3)7-9)14(18)17(5)15(19)16(12)4/h6-8H,1-5H3/b9-6-,9-7?,10-6?,10-8-,11-7-,12-8?,13-11?. The largest absolute Gasteiger partial charge is 0.330 e. The Morgan fingerprint density at radius 2 is 1.42 bits per heavy atom. The van der Waals surface area contributed by atoms with E-state index in [-0.39, 0.29) is 11.2 Å². The second-order valence-electron chi connectivity index (χ2n) is 5.07. The molecule has 1 aliphatic rings. The lowest BCUT2D eigenvalue weighted by atomic mass is 9.99. The van der Waals surface area contributed by atoms with E-state index in [1.54, 1.807) is 7.05 Å². The van der Waals surface area contributed by atoms with Crippen LogP contribution >= 0.6 is 0 Å². The van der Waals surface area contributed by atoms with Gasteiger partial charge in [0.25, 0.3) is 5.56 Å². The molecule has 2 rings (SSSR count). The Labute approximate surface area is 112 Å². The minimum absolute atomic E-state index is 0.245. The number of aromatic nitrogens is 2. The molecule has 0 radical (unpaired) electrons. The van der Waals surface area contributed by atoms with E-state index in [2.05, 4.69) is 0 Å². The molecule has 0 aromatic carbocycles. The molecular formula is C15H18N2O2. The molecule has 4 heteroatoms. The van der Waals surface area contributed by atoms with Gasteiger partial charge in [-0.15, -0.1) is 0 Å². The van der Waals surface area contributed by atoms with Crippen LogP contribution in [0.2, 0.25) is 0 Å². The minimum atomic E-state index is -0.304. The molecule has 0 fully saturated rings. The molecule has 0 bridgehead atoms. The molecule has 0 amide bonds. The fourth-order valence-electron chi connectivity index (χ4n) is 2.47. The zero-order valence-electron chi connectivity index (χ0n) is 11.9. The van der Waals surface area contributed by atoms with Gasteiger partial charge in [0.05, 0.1) is 11.3 Å². The van der Waals surface area contributed by atoms with E-state index in [0.717, 1.165) is 21.3 Å². The number of nitrogens with zero attached hydrogens (tertiary/aromatic N) is 2. The Bertz CT molecular complexity index is 756. The lowest BCUT2D eigenvalue weighted by Crippen LogP contribution is -2.40. The summed E-state index contributed by atoms with van der Waals surface area (Å²) in [4.78, 5) is 24.3. The Balaban J connectivity index is 3.01. The summed E-state index contributed by atoms with van der Waals surface area (Å²) in [6, 6.07) is 0. The molecular weight excluding hydrogens is 240 g/mol. The number of rotatable bonds is 0. The minimum Gasteiger partial charge on any atom is -0.296 e. The Hall–Kier alpha value is -2.10. The Morgan fingerprint density at radius 3 is 2.05 bits per heavy atom. The van der Waals surface area contributed by atoms with Crippen LogP contribution < -0.4 is 11.2 Å². The molecule has 0 N–H and O–H groups in total. The van der Waals surface area contributed by atoms with Gasteiger partial charge in [0.15, 0.2) is 0 Å². The zero-order valence-corrected chi connectivity index (χ0v) is 11.9. The molecule has 0 spiro atoms. The third kappa shape index (κ3) is 2.14. The van der Waals surface area contributed by atoms with E-state index in [0.29, 0.717) is 11.3 Å². The van der Waals surface area contributed by atoms with Crippen LogP contribution in [0.1, 0.15) is 32.0 Å². The van der Waals surface area contributed by atoms with E-state index >= 15 is 0 Å². The first-order valence-corrected chi connectivity index (χ1v) is 6.18. The van der Waals surface area contributed by atoms with E-state index < -0.39 is 0 Å². The number of allylic oxidation sites excluding steroid dienone is 5. The summed E-state index contributed by atoms with van der Waals surface area (Å²) in [6.07, 6.45) is 5.90. The average molecular weight is 258 g/mol. The third-order valence-electron chi connectivity index (χ3n) is 3.37. The van der Waals surface area contributed by atoms with Crippen LogP contribution in [0.3, 0.4) is 0 Å². The molecule has 4 nitrogen and oxygen atoms in total. The van der Waals surface area contributed by atoms with Crippen molar-refractivity contribution in [3.63, 3.8) is 0 Å². The summed E-state index contributed by atoms with van der Waals surface area (Å²) in [7, 11) is 3.20. The summed E-state index contributed by atoms with van der Waals surface area (Å²) in [6.45, 7) is 5.86. The van der Waals surface area contributed by atoms with Crippen molar-refractivity contribution in [2.24, 2.45) is 14.1 Å². The van der Waals surface area contributed by atoms with Crippen LogP contribution in [0.4, 0.5) is 0 Å². The van der Waals surface area contributed by atoms with Gasteiger partial charge in [-0.05, 0) is 38.0 Å². The molecule has 0 aliphatic heterocycles. The first-order valence-electron chi connectivity index (χ1n) is 6.18. The van der Waals surface area contributed by atoms with Gasteiger partial charge in [-0.1, -0.05) is 17.7 Å². The highest BCUT2D eigenvalue weighted by Crippen LogP contribution is 2.22. The molecule has 0 saturated carbocycles. The topological polar surface area (TPSA) is 44.0 Å². The van der Waals surface area contributed by atoms with E-state index in [4.69, 9.17) is 0 Å². The van der Waals surface area contributed by atoms with Gasteiger partial charge >= 0.3 is 5.69 Å². The van der Waals surface area contributed by atoms with Crippen molar-refractivity contribution >= 4 is 11.6 Å². The fraction of sp³-hybridized carbons (Fsp3) is 0.333. The molecule has 1 aliphatic carbocycles. The molecule has 1 aromatic heterocycles. The van der Waals surface area contributed by atoms with Gasteiger partial charge in [-0.3, -0.25) is 13.9 Å². The van der Waals surface area contributed by atoms with E-state index in [9.17, 15) is 9.59 Å². The van der Waals surface area contributed by atoms with E-state index in [1.165, 1.54) is 11.6 Å². The Kier molecular flexibility index (Phi) is 3.18. The van der Waals surface area contributed by atoms with Crippen LogP contribution in [-0.2, 0) is 14.1 Å². The highest BCUT2D eigenvalue weighted by atomic mass is 16.2. The van der Waals surface area contributed by atoms with Gasteiger partial charge in [0.1, 0.15) is 0 Å². The highest BCUT2D eigenvalue weighted by molar-refractivity contribution is 5.75. The van der Waals surface area contributed by atoms with Gasteiger partial charge in [-0.2, -0.15) is 0 Å². The maximum atomic E-state index is 12.3. The second-order valence-corrected chi connectivity index (χ2v) is 5.07. The molecule has 19 heavy (non-hydrogen) atoms. The van der Waals surface area contributed by atoms with E-state index in [1.807, 2.05) is 39.0 Å². The van der Waals surface area contributed by atoms with Crippen molar-refractivity contribution in [2.75, 3.05) is 0 Å². The first-order chi connectivity index (χ1) is 8.82. The Morgan fingerprint density at radius 1 is 0.842 bits per heavy atom. The SMILES string of the molecule is CC1=C/C(C)=C\c2c(c(=O)n(C)c(=O)n2C)/C(C)=C\1. The average Bonchev–Trinajstić information content (AvgIpc) is 2.31. The van der Waals surface area contributed by atoms with Gasteiger partial charge < -0.3 is 0 Å². The van der Waals surface area contributed by atoms with Crippen molar-refractivity contribution in [3.8, 4) is 0 Å². The van der Waals surface area contributed by atoms with Crippen molar-refractivity contribution in [3.05, 3.63) is 55.4 Å². The number of hydrogen-bond donors (Lipinski definition) is 0. The lowest BCUT2D eigenvalue weighted by molar-refractivity contribution is 0.676. The predicted molar refractivity (Wildman–Crippen MR) is 78.0 cm³/mol. The first kappa shape index (κ1) is 13.3. The van der Waals surface area contributed by atoms with Crippen LogP contribution in [0, 0.1) is 0 Å². The van der Waals surface area contributed by atoms with Crippen molar-refractivity contribution in [1.82, 2.24) is 9.13 Å². The lowest BCUT2D eigenvalue weighted by Gasteiger charge is -2.15. The smallest absolute Gasteiger partial charge is 0.296 e. The summed E-state index contributed by atoms with van der Waals surface area (Å²) in [5.74, 6) is 0. The fourth-order valence-corrected chi connectivity index (χ4v) is 2.47. The quantitative estimate of drug-likeness (QED) is 0.713. The van der Waals surface area contributed by atoms with Crippen LogP contribution in [0.25, 0.3) is 11.6 Å². The van der Waals surface area contributed by atoms with Gasteiger partial charge in [0.2, 0.25) is 0 Å². The summed E-state index contributed by atoms with van der Waals surface area (Å²) in [5.41, 5.74) is 3.70. The zero-order chi connectivity index (χ0) is 14.3. The monoisotopic (exact) mass is 258 g/mol. The summed E-state index contributed by atoms with van der Waals surface area (Å²) >= 11 is 0. The summed E-state index contributed by atoms with van der Waals surface area (Å²) < 4.78 is 2.67. The molecule has 1 aromatic rings. The predicted octanol–water partition coefficient (Wildman–Crippen LogP) is 1.85. The molecule has 0 unspecified atom stereocenters. The maximum absolute atomic E-state index is 12.3. The van der Waals surface area contributed by atoms with Gasteiger partial charge in [0, 0.05) is 14.1 Å². The molecule has 100 valence electrons. The second kappa shape index (κ2) is 4.53. The van der Waals surface area contributed by atoms with Gasteiger partial charge in [-0.25, -0.2) is 4.79 Å². The van der Waals surface area contributed by atoms with Crippen molar-refractivity contribution in [2.45, 2.75) is 20.8 Å². The normalized spacial score (nSPS) is 23.1. The van der Waals surface area contributed by atoms with Crippen LogP contribution in [0.15, 0.2) is 32.9 Å². The molecule has 1 heterocycles. The summed E-state index contributed by atoms with van der Waals surface area (Å²) in [5, 5.41) is 0. The number of fused-ring (bicyclic) bond motifs is 1. The van der Waals surface area contributed by atoms with Crippen LogP contribution in [0.5, 0.6) is 0 Å². The maximum Gasteiger partial charge on any atom is 0.330 e. The van der Waals surface area contributed by atoms with Crippen molar-refractivity contribution in [1.29, 1.82) is 0 Å².